The summed E-state index contributed by atoms with van der Waals surface area (Å²) in [6.07, 6.45) is 5.43. The maximum absolute atomic E-state index is 5.83. The molecule has 1 heterocycles. The SMILES string of the molecule is Clc1ccc(N/N=C/c2ccc(-n3cccn3)cc2)cc1. The van der Waals surface area contributed by atoms with E-state index in [0.29, 0.717) is 5.02 Å². The van der Waals surface area contributed by atoms with Crippen LogP contribution in [0.3, 0.4) is 0 Å². The average Bonchev–Trinajstić information content (AvgIpc) is 3.04. The highest BCUT2D eigenvalue weighted by atomic mass is 35.5. The lowest BCUT2D eigenvalue weighted by Crippen LogP contribution is -1.95. The molecule has 2 aromatic carbocycles. The van der Waals surface area contributed by atoms with Gasteiger partial charge in [-0.15, -0.1) is 0 Å². The molecule has 0 saturated heterocycles. The standard InChI is InChI=1S/C16H13ClN4/c17-14-4-6-15(7-5-14)20-18-12-13-2-8-16(9-3-13)21-11-1-10-19-21/h1-12,20H/b18-12+. The van der Waals surface area contributed by atoms with Gasteiger partial charge in [-0.25, -0.2) is 4.68 Å². The molecule has 3 aromatic rings. The number of hydrogen-bond donors (Lipinski definition) is 1. The van der Waals surface area contributed by atoms with Gasteiger partial charge in [0, 0.05) is 17.4 Å². The molecule has 0 spiro atoms. The Labute approximate surface area is 127 Å². The molecule has 3 rings (SSSR count). The number of rotatable bonds is 4. The molecule has 0 atom stereocenters. The number of hydrogen-bond acceptors (Lipinski definition) is 3. The number of aromatic nitrogens is 2. The molecule has 0 amide bonds. The van der Waals surface area contributed by atoms with E-state index in [1.807, 2.05) is 65.5 Å². The first kappa shape index (κ1) is 13.4. The number of hydrazone groups is 1. The number of nitrogens with one attached hydrogen (secondary N) is 1. The highest BCUT2D eigenvalue weighted by Gasteiger charge is 1.95. The maximum Gasteiger partial charge on any atom is 0.0645 e. The summed E-state index contributed by atoms with van der Waals surface area (Å²) in [6, 6.07) is 17.3. The van der Waals surface area contributed by atoms with Gasteiger partial charge in [-0.2, -0.15) is 10.2 Å². The second-order valence-corrected chi connectivity index (χ2v) is 4.86. The highest BCUT2D eigenvalue weighted by molar-refractivity contribution is 6.30. The summed E-state index contributed by atoms with van der Waals surface area (Å²) < 4.78 is 1.81. The third-order valence-corrected chi connectivity index (χ3v) is 3.17. The molecular formula is C16H13ClN4. The zero-order valence-corrected chi connectivity index (χ0v) is 11.9. The van der Waals surface area contributed by atoms with Gasteiger partial charge in [0.05, 0.1) is 17.6 Å². The fourth-order valence-corrected chi connectivity index (χ4v) is 1.97. The van der Waals surface area contributed by atoms with Crippen molar-refractivity contribution >= 4 is 23.5 Å². The van der Waals surface area contributed by atoms with Crippen LogP contribution in [0.5, 0.6) is 0 Å². The zero-order chi connectivity index (χ0) is 14.5. The summed E-state index contributed by atoms with van der Waals surface area (Å²) in [7, 11) is 0. The van der Waals surface area contributed by atoms with Gasteiger partial charge in [0.25, 0.3) is 0 Å². The number of anilines is 1. The lowest BCUT2D eigenvalue weighted by Gasteiger charge is -2.02. The first-order valence-corrected chi connectivity index (χ1v) is 6.84. The Morgan fingerprint density at radius 2 is 1.81 bits per heavy atom. The van der Waals surface area contributed by atoms with Gasteiger partial charge in [0.2, 0.25) is 0 Å². The van der Waals surface area contributed by atoms with E-state index >= 15 is 0 Å². The van der Waals surface area contributed by atoms with Crippen molar-refractivity contribution in [3.05, 3.63) is 77.6 Å². The van der Waals surface area contributed by atoms with Crippen LogP contribution in [-0.4, -0.2) is 16.0 Å². The number of nitrogens with zero attached hydrogens (tertiary/aromatic N) is 3. The Hall–Kier alpha value is -2.59. The van der Waals surface area contributed by atoms with E-state index in [4.69, 9.17) is 11.6 Å². The van der Waals surface area contributed by atoms with E-state index in [9.17, 15) is 0 Å². The normalized spacial score (nSPS) is 10.9. The summed E-state index contributed by atoms with van der Waals surface area (Å²) in [5, 5.41) is 9.09. The smallest absolute Gasteiger partial charge is 0.0645 e. The number of benzene rings is 2. The van der Waals surface area contributed by atoms with Crippen molar-refractivity contribution in [1.82, 2.24) is 9.78 Å². The van der Waals surface area contributed by atoms with Crippen molar-refractivity contribution in [2.24, 2.45) is 5.10 Å². The fraction of sp³-hybridized carbons (Fsp3) is 0. The lowest BCUT2D eigenvalue weighted by molar-refractivity contribution is 0.880. The average molecular weight is 297 g/mol. The van der Waals surface area contributed by atoms with E-state index in [0.717, 1.165) is 16.9 Å². The molecule has 0 aliphatic carbocycles. The van der Waals surface area contributed by atoms with Crippen LogP contribution in [0.15, 0.2) is 72.1 Å². The molecule has 104 valence electrons. The largest absolute Gasteiger partial charge is 0.279 e. The van der Waals surface area contributed by atoms with Gasteiger partial charge in [0.1, 0.15) is 0 Å². The quantitative estimate of drug-likeness (QED) is 0.584. The van der Waals surface area contributed by atoms with Crippen LogP contribution >= 0.6 is 11.6 Å². The molecule has 0 aliphatic heterocycles. The molecule has 0 bridgehead atoms. The zero-order valence-electron chi connectivity index (χ0n) is 11.1. The minimum absolute atomic E-state index is 0.707. The number of halogens is 1. The van der Waals surface area contributed by atoms with Crippen molar-refractivity contribution in [1.29, 1.82) is 0 Å². The van der Waals surface area contributed by atoms with Gasteiger partial charge in [-0.05, 0) is 48.0 Å². The topological polar surface area (TPSA) is 42.2 Å². The first-order valence-electron chi connectivity index (χ1n) is 6.46. The van der Waals surface area contributed by atoms with Crippen LogP contribution in [0, 0.1) is 0 Å². The fourth-order valence-electron chi connectivity index (χ4n) is 1.84. The van der Waals surface area contributed by atoms with Gasteiger partial charge in [-0.1, -0.05) is 23.7 Å². The van der Waals surface area contributed by atoms with Crippen molar-refractivity contribution in [3.63, 3.8) is 0 Å². The lowest BCUT2D eigenvalue weighted by atomic mass is 10.2. The van der Waals surface area contributed by atoms with Crippen molar-refractivity contribution < 1.29 is 0 Å². The Kier molecular flexibility index (Phi) is 3.98. The van der Waals surface area contributed by atoms with Gasteiger partial charge in [-0.3, -0.25) is 5.43 Å². The summed E-state index contributed by atoms with van der Waals surface area (Å²) >= 11 is 5.83. The molecule has 0 fully saturated rings. The monoisotopic (exact) mass is 296 g/mol. The highest BCUT2D eigenvalue weighted by Crippen LogP contribution is 2.13. The Bertz CT molecular complexity index is 716. The van der Waals surface area contributed by atoms with Crippen LogP contribution in [0.25, 0.3) is 5.69 Å². The third kappa shape index (κ3) is 3.49. The summed E-state index contributed by atoms with van der Waals surface area (Å²) in [5.41, 5.74) is 5.87. The van der Waals surface area contributed by atoms with E-state index in [1.165, 1.54) is 0 Å². The predicted molar refractivity (Wildman–Crippen MR) is 86.2 cm³/mol. The summed E-state index contributed by atoms with van der Waals surface area (Å²) in [4.78, 5) is 0. The van der Waals surface area contributed by atoms with Crippen LogP contribution in [-0.2, 0) is 0 Å². The van der Waals surface area contributed by atoms with Crippen molar-refractivity contribution in [3.8, 4) is 5.69 Å². The van der Waals surface area contributed by atoms with Crippen LogP contribution in [0.1, 0.15) is 5.56 Å². The molecule has 0 saturated carbocycles. The molecule has 5 heteroatoms. The van der Waals surface area contributed by atoms with Crippen LogP contribution in [0.4, 0.5) is 5.69 Å². The van der Waals surface area contributed by atoms with Gasteiger partial charge in [0.15, 0.2) is 0 Å². The molecule has 21 heavy (non-hydrogen) atoms. The summed E-state index contributed by atoms with van der Waals surface area (Å²) in [5.74, 6) is 0. The molecule has 1 N–H and O–H groups in total. The minimum atomic E-state index is 0.707. The molecular weight excluding hydrogens is 284 g/mol. The first-order chi connectivity index (χ1) is 10.3. The van der Waals surface area contributed by atoms with E-state index < -0.39 is 0 Å². The van der Waals surface area contributed by atoms with Crippen molar-refractivity contribution in [2.45, 2.75) is 0 Å². The molecule has 0 aliphatic rings. The third-order valence-electron chi connectivity index (χ3n) is 2.91. The second-order valence-electron chi connectivity index (χ2n) is 4.42. The maximum atomic E-state index is 5.83. The Balaban J connectivity index is 1.65. The van der Waals surface area contributed by atoms with Crippen molar-refractivity contribution in [2.75, 3.05) is 5.43 Å². The van der Waals surface area contributed by atoms with E-state index in [1.54, 1.807) is 12.4 Å². The van der Waals surface area contributed by atoms with E-state index in [2.05, 4.69) is 15.6 Å². The van der Waals surface area contributed by atoms with Gasteiger partial charge < -0.3 is 0 Å². The van der Waals surface area contributed by atoms with Gasteiger partial charge >= 0.3 is 0 Å². The Morgan fingerprint density at radius 3 is 2.48 bits per heavy atom. The molecule has 0 radical (unpaired) electrons. The van der Waals surface area contributed by atoms with E-state index in [-0.39, 0.29) is 0 Å². The van der Waals surface area contributed by atoms with Crippen LogP contribution < -0.4 is 5.43 Å². The molecule has 1 aromatic heterocycles. The molecule has 4 nitrogen and oxygen atoms in total. The Morgan fingerprint density at radius 1 is 1.05 bits per heavy atom. The summed E-state index contributed by atoms with van der Waals surface area (Å²) in [6.45, 7) is 0. The predicted octanol–water partition coefficient (Wildman–Crippen LogP) is 3.97. The van der Waals surface area contributed by atoms with Crippen LogP contribution in [0.2, 0.25) is 5.02 Å². The molecule has 0 unspecified atom stereocenters. The minimum Gasteiger partial charge on any atom is -0.279 e. The second kappa shape index (κ2) is 6.24.